The van der Waals surface area contributed by atoms with E-state index in [9.17, 15) is 4.79 Å². The quantitative estimate of drug-likeness (QED) is 0.565. The molecule has 134 valence electrons. The highest BCUT2D eigenvalue weighted by Gasteiger charge is 2.14. The number of carbonyl (C=O) groups is 1. The summed E-state index contributed by atoms with van der Waals surface area (Å²) >= 11 is 0. The van der Waals surface area contributed by atoms with E-state index in [4.69, 9.17) is 5.73 Å². The van der Waals surface area contributed by atoms with Crippen molar-refractivity contribution in [2.24, 2.45) is 5.73 Å². The summed E-state index contributed by atoms with van der Waals surface area (Å²) in [6.45, 7) is 2.45. The molecule has 8 nitrogen and oxygen atoms in total. The lowest BCUT2D eigenvalue weighted by Gasteiger charge is -2.09. The monoisotopic (exact) mass is 359 g/mol. The maximum Gasteiger partial charge on any atom is 0.272 e. The van der Waals surface area contributed by atoms with Crippen LogP contribution in [0, 0.1) is 6.92 Å². The Hall–Kier alpha value is -3.81. The molecule has 0 aliphatic carbocycles. The van der Waals surface area contributed by atoms with E-state index in [2.05, 4.69) is 25.6 Å². The molecule has 0 bridgehead atoms. The van der Waals surface area contributed by atoms with E-state index < -0.39 is 5.91 Å². The van der Waals surface area contributed by atoms with Crippen LogP contribution in [0.4, 0.5) is 5.82 Å². The van der Waals surface area contributed by atoms with Crippen LogP contribution in [0.2, 0.25) is 0 Å². The van der Waals surface area contributed by atoms with Gasteiger partial charge in [-0.3, -0.25) is 4.79 Å². The summed E-state index contributed by atoms with van der Waals surface area (Å²) in [6.07, 6.45) is 1.58. The topological polar surface area (TPSA) is 112 Å². The number of amides is 1. The first-order valence-corrected chi connectivity index (χ1v) is 8.39. The van der Waals surface area contributed by atoms with Gasteiger partial charge in [-0.05, 0) is 24.6 Å². The molecule has 2 aromatic heterocycles. The molecule has 0 fully saturated rings. The van der Waals surface area contributed by atoms with Gasteiger partial charge < -0.3 is 11.1 Å². The van der Waals surface area contributed by atoms with Gasteiger partial charge in [0.05, 0.1) is 17.3 Å². The minimum absolute atomic E-state index is 0.313. The van der Waals surface area contributed by atoms with Crippen molar-refractivity contribution in [3.63, 3.8) is 0 Å². The van der Waals surface area contributed by atoms with Crippen molar-refractivity contribution >= 4 is 22.6 Å². The molecule has 1 amide bonds. The summed E-state index contributed by atoms with van der Waals surface area (Å²) in [7, 11) is 0. The molecule has 0 radical (unpaired) electrons. The van der Waals surface area contributed by atoms with Gasteiger partial charge in [0.1, 0.15) is 5.69 Å². The second-order valence-corrected chi connectivity index (χ2v) is 6.04. The van der Waals surface area contributed by atoms with Crippen LogP contribution < -0.4 is 11.1 Å². The Morgan fingerprint density at radius 2 is 1.93 bits per heavy atom. The van der Waals surface area contributed by atoms with Crippen molar-refractivity contribution in [2.45, 2.75) is 13.5 Å². The number of fused-ring (bicyclic) bond motifs is 1. The summed E-state index contributed by atoms with van der Waals surface area (Å²) in [6, 6.07) is 15.2. The lowest BCUT2D eigenvalue weighted by molar-refractivity contribution is 0.100. The van der Waals surface area contributed by atoms with Crippen LogP contribution in [0.15, 0.2) is 54.7 Å². The van der Waals surface area contributed by atoms with Crippen molar-refractivity contribution in [3.05, 3.63) is 71.5 Å². The van der Waals surface area contributed by atoms with Crippen LogP contribution >= 0.6 is 0 Å². The van der Waals surface area contributed by atoms with Crippen molar-refractivity contribution in [2.75, 3.05) is 5.32 Å². The number of nitrogens with one attached hydrogen (secondary N) is 1. The first-order valence-electron chi connectivity index (χ1n) is 8.39. The van der Waals surface area contributed by atoms with Crippen molar-refractivity contribution in [1.82, 2.24) is 25.0 Å². The lowest BCUT2D eigenvalue weighted by Crippen LogP contribution is -2.12. The van der Waals surface area contributed by atoms with Gasteiger partial charge in [0.2, 0.25) is 5.91 Å². The number of aryl methyl sites for hydroxylation is 1. The third kappa shape index (κ3) is 3.20. The Kier molecular flexibility index (Phi) is 4.21. The Balaban J connectivity index is 1.70. The molecule has 0 aliphatic rings. The first-order chi connectivity index (χ1) is 13.1. The van der Waals surface area contributed by atoms with Gasteiger partial charge in [-0.1, -0.05) is 36.4 Å². The lowest BCUT2D eigenvalue weighted by atomic mass is 10.1. The third-order valence-electron chi connectivity index (χ3n) is 4.22. The Morgan fingerprint density at radius 1 is 1.11 bits per heavy atom. The number of aromatic nitrogens is 5. The largest absolute Gasteiger partial charge is 0.366 e. The van der Waals surface area contributed by atoms with Gasteiger partial charge in [0.15, 0.2) is 5.82 Å². The minimum Gasteiger partial charge on any atom is -0.366 e. The SMILES string of the molecule is Cc1nnc(-n2ncc3c(C(N)=O)cccc32)nc1NCc1ccccc1. The molecule has 0 unspecified atom stereocenters. The van der Waals surface area contributed by atoms with E-state index in [-0.39, 0.29) is 0 Å². The number of anilines is 1. The van der Waals surface area contributed by atoms with Gasteiger partial charge in [-0.25, -0.2) is 0 Å². The Labute approximate surface area is 155 Å². The second kappa shape index (κ2) is 6.83. The molecular formula is C19H17N7O. The maximum absolute atomic E-state index is 11.6. The number of carbonyl (C=O) groups excluding carboxylic acids is 1. The molecular weight excluding hydrogens is 342 g/mol. The fraction of sp³-hybridized carbons (Fsp3) is 0.105. The summed E-state index contributed by atoms with van der Waals surface area (Å²) < 4.78 is 1.54. The summed E-state index contributed by atoms with van der Waals surface area (Å²) in [5.41, 5.74) is 8.34. The standard InChI is InChI=1S/C19H17N7O/c1-12-18(21-10-13-6-3-2-4-7-13)23-19(25-24-12)26-16-9-5-8-14(17(20)27)15(16)11-22-26/h2-9,11H,10H2,1H3,(H2,20,27)(H,21,23,25). The highest BCUT2D eigenvalue weighted by atomic mass is 16.1. The zero-order valence-electron chi connectivity index (χ0n) is 14.6. The molecule has 2 aromatic carbocycles. The van der Waals surface area contributed by atoms with Crippen LogP contribution in [-0.4, -0.2) is 30.9 Å². The number of hydrogen-bond donors (Lipinski definition) is 2. The smallest absolute Gasteiger partial charge is 0.272 e. The van der Waals surface area contributed by atoms with Gasteiger partial charge in [-0.2, -0.15) is 14.8 Å². The number of rotatable bonds is 5. The van der Waals surface area contributed by atoms with Gasteiger partial charge in [0, 0.05) is 11.9 Å². The number of hydrogen-bond acceptors (Lipinski definition) is 6. The average Bonchev–Trinajstić information content (AvgIpc) is 3.12. The van der Waals surface area contributed by atoms with Crippen LogP contribution in [0.5, 0.6) is 0 Å². The van der Waals surface area contributed by atoms with Crippen molar-refractivity contribution < 1.29 is 4.79 Å². The highest BCUT2D eigenvalue weighted by molar-refractivity contribution is 6.05. The predicted octanol–water partition coefficient (Wildman–Crippen LogP) is 2.23. The Morgan fingerprint density at radius 3 is 2.70 bits per heavy atom. The Bertz CT molecular complexity index is 1120. The number of nitrogens with zero attached hydrogens (tertiary/aromatic N) is 5. The molecule has 0 aliphatic heterocycles. The van der Waals surface area contributed by atoms with Crippen LogP contribution in [0.25, 0.3) is 16.9 Å². The summed E-state index contributed by atoms with van der Waals surface area (Å²) in [5, 5.41) is 16.6. The zero-order chi connectivity index (χ0) is 18.8. The van der Waals surface area contributed by atoms with E-state index in [0.29, 0.717) is 40.5 Å². The number of nitrogens with two attached hydrogens (primary N) is 1. The van der Waals surface area contributed by atoms with Crippen molar-refractivity contribution in [1.29, 1.82) is 0 Å². The zero-order valence-corrected chi connectivity index (χ0v) is 14.6. The van der Waals surface area contributed by atoms with Crippen LogP contribution in [0.3, 0.4) is 0 Å². The van der Waals surface area contributed by atoms with E-state index in [1.54, 1.807) is 23.0 Å². The van der Waals surface area contributed by atoms with Crippen LogP contribution in [-0.2, 0) is 6.54 Å². The molecule has 27 heavy (non-hydrogen) atoms. The molecule has 0 spiro atoms. The fourth-order valence-corrected chi connectivity index (χ4v) is 2.83. The molecule has 0 atom stereocenters. The normalized spacial score (nSPS) is 10.9. The highest BCUT2D eigenvalue weighted by Crippen LogP contribution is 2.21. The molecule has 2 heterocycles. The van der Waals surface area contributed by atoms with Gasteiger partial charge in [-0.15, -0.1) is 10.2 Å². The summed E-state index contributed by atoms with van der Waals surface area (Å²) in [5.74, 6) is 0.430. The number of benzene rings is 2. The molecule has 4 aromatic rings. The van der Waals surface area contributed by atoms with Crippen molar-refractivity contribution in [3.8, 4) is 5.95 Å². The van der Waals surface area contributed by atoms with Gasteiger partial charge >= 0.3 is 0 Å². The van der Waals surface area contributed by atoms with E-state index >= 15 is 0 Å². The van der Waals surface area contributed by atoms with E-state index in [0.717, 1.165) is 5.56 Å². The second-order valence-electron chi connectivity index (χ2n) is 6.04. The first kappa shape index (κ1) is 16.6. The average molecular weight is 359 g/mol. The predicted molar refractivity (Wildman–Crippen MR) is 101 cm³/mol. The molecule has 0 saturated heterocycles. The minimum atomic E-state index is -0.506. The molecule has 4 rings (SSSR count). The van der Waals surface area contributed by atoms with Gasteiger partial charge in [0.25, 0.3) is 5.95 Å². The molecule has 0 saturated carbocycles. The summed E-state index contributed by atoms with van der Waals surface area (Å²) in [4.78, 5) is 16.2. The van der Waals surface area contributed by atoms with E-state index in [1.165, 1.54) is 0 Å². The van der Waals surface area contributed by atoms with Crippen LogP contribution in [0.1, 0.15) is 21.6 Å². The maximum atomic E-state index is 11.6. The fourth-order valence-electron chi connectivity index (χ4n) is 2.83. The molecule has 3 N–H and O–H groups in total. The number of primary amides is 1. The third-order valence-corrected chi connectivity index (χ3v) is 4.22. The molecule has 8 heteroatoms. The van der Waals surface area contributed by atoms with E-state index in [1.807, 2.05) is 43.3 Å².